The highest BCUT2D eigenvalue weighted by Crippen LogP contribution is 2.23. The van der Waals surface area contributed by atoms with E-state index in [0.29, 0.717) is 25.6 Å². The maximum absolute atomic E-state index is 12.0. The van der Waals surface area contributed by atoms with E-state index in [1.807, 2.05) is 37.3 Å². The van der Waals surface area contributed by atoms with Gasteiger partial charge >= 0.3 is 6.09 Å². The van der Waals surface area contributed by atoms with Crippen molar-refractivity contribution < 1.29 is 9.53 Å². The Hall–Kier alpha value is -2.20. The van der Waals surface area contributed by atoms with Crippen LogP contribution in [0, 0.1) is 5.92 Å². The molecule has 1 atom stereocenters. The molecule has 0 spiro atoms. The zero-order chi connectivity index (χ0) is 15.1. The molecule has 0 aromatic heterocycles. The van der Waals surface area contributed by atoms with Gasteiger partial charge in [0.25, 0.3) is 0 Å². The van der Waals surface area contributed by atoms with Crippen LogP contribution in [-0.2, 0) is 11.3 Å². The van der Waals surface area contributed by atoms with E-state index in [9.17, 15) is 4.79 Å². The molecule has 1 fully saturated rings. The lowest BCUT2D eigenvalue weighted by Crippen LogP contribution is -2.40. The zero-order valence-electron chi connectivity index (χ0n) is 12.2. The largest absolute Gasteiger partial charge is 0.445 e. The zero-order valence-corrected chi connectivity index (χ0v) is 12.2. The van der Waals surface area contributed by atoms with Crippen LogP contribution in [0.4, 0.5) is 4.79 Å². The van der Waals surface area contributed by atoms with Gasteiger partial charge in [0.1, 0.15) is 6.61 Å². The van der Waals surface area contributed by atoms with Crippen LogP contribution in [0.2, 0.25) is 0 Å². The number of piperidine rings is 1. The number of carbonyl (C=O) groups is 1. The highest BCUT2D eigenvalue weighted by molar-refractivity contribution is 5.67. The highest BCUT2D eigenvalue weighted by Gasteiger charge is 2.26. The van der Waals surface area contributed by atoms with Crippen LogP contribution in [0.15, 0.2) is 35.4 Å². The van der Waals surface area contributed by atoms with Gasteiger partial charge in [-0.3, -0.25) is 0 Å². The summed E-state index contributed by atoms with van der Waals surface area (Å²) in [6.45, 7) is 3.54. The van der Waals surface area contributed by atoms with Crippen molar-refractivity contribution in [1.29, 1.82) is 0 Å². The summed E-state index contributed by atoms with van der Waals surface area (Å²) >= 11 is 0. The smallest absolute Gasteiger partial charge is 0.410 e. The molecular formula is C15H20N4O2. The molecule has 0 N–H and O–H groups in total. The molecule has 6 nitrogen and oxygen atoms in total. The van der Waals surface area contributed by atoms with Gasteiger partial charge in [-0.1, -0.05) is 42.4 Å². The average molecular weight is 288 g/mol. The van der Waals surface area contributed by atoms with E-state index in [2.05, 4.69) is 10.0 Å². The Morgan fingerprint density at radius 2 is 2.10 bits per heavy atom. The normalized spacial score (nSPS) is 16.9. The highest BCUT2D eigenvalue weighted by atomic mass is 16.6. The molecule has 112 valence electrons. The molecule has 1 aromatic rings. The first-order valence-electron chi connectivity index (χ1n) is 7.20. The fourth-order valence-corrected chi connectivity index (χ4v) is 2.55. The van der Waals surface area contributed by atoms with Crippen molar-refractivity contribution in [2.45, 2.75) is 32.4 Å². The molecule has 0 saturated carbocycles. The van der Waals surface area contributed by atoms with Crippen LogP contribution in [0.25, 0.3) is 10.4 Å². The molecule has 1 heterocycles. The Kier molecular flexibility index (Phi) is 5.46. The number of nitrogens with zero attached hydrogens (tertiary/aromatic N) is 4. The van der Waals surface area contributed by atoms with Crippen molar-refractivity contribution in [2.75, 3.05) is 13.1 Å². The third kappa shape index (κ3) is 4.39. The van der Waals surface area contributed by atoms with Crippen LogP contribution in [0.3, 0.4) is 0 Å². The second-order valence-corrected chi connectivity index (χ2v) is 5.31. The molecule has 0 aliphatic carbocycles. The summed E-state index contributed by atoms with van der Waals surface area (Å²) in [5.41, 5.74) is 9.44. The van der Waals surface area contributed by atoms with Crippen LogP contribution >= 0.6 is 0 Å². The van der Waals surface area contributed by atoms with Crippen molar-refractivity contribution in [2.24, 2.45) is 11.0 Å². The lowest BCUT2D eigenvalue weighted by Gasteiger charge is -2.32. The Morgan fingerprint density at radius 1 is 1.43 bits per heavy atom. The second-order valence-electron chi connectivity index (χ2n) is 5.31. The van der Waals surface area contributed by atoms with Crippen molar-refractivity contribution in [3.05, 3.63) is 46.3 Å². The number of carbonyl (C=O) groups excluding carboxylic acids is 1. The maximum Gasteiger partial charge on any atom is 0.410 e. The average Bonchev–Trinajstić information content (AvgIpc) is 2.54. The summed E-state index contributed by atoms with van der Waals surface area (Å²) in [7, 11) is 0. The van der Waals surface area contributed by atoms with Crippen molar-refractivity contribution in [3.8, 4) is 0 Å². The topological polar surface area (TPSA) is 78.3 Å². The molecule has 0 radical (unpaired) electrons. The molecule has 1 saturated heterocycles. The first kappa shape index (κ1) is 15.2. The maximum atomic E-state index is 12.0. The molecule has 6 heteroatoms. The quantitative estimate of drug-likeness (QED) is 0.480. The second kappa shape index (κ2) is 7.55. The summed E-state index contributed by atoms with van der Waals surface area (Å²) in [6, 6.07) is 9.62. The lowest BCUT2D eigenvalue weighted by atomic mass is 9.91. The molecule has 2 rings (SSSR count). The summed E-state index contributed by atoms with van der Waals surface area (Å²) < 4.78 is 5.32. The van der Waals surface area contributed by atoms with Crippen LogP contribution in [0.1, 0.15) is 25.3 Å². The van der Waals surface area contributed by atoms with Gasteiger partial charge in [0.2, 0.25) is 0 Å². The van der Waals surface area contributed by atoms with E-state index in [0.717, 1.165) is 18.4 Å². The first-order valence-corrected chi connectivity index (χ1v) is 7.20. The van der Waals surface area contributed by atoms with E-state index >= 15 is 0 Å². The fraction of sp³-hybridized carbons (Fsp3) is 0.533. The third-order valence-corrected chi connectivity index (χ3v) is 3.92. The minimum Gasteiger partial charge on any atom is -0.445 e. The number of hydrogen-bond acceptors (Lipinski definition) is 3. The number of likely N-dealkylation sites (tertiary alicyclic amines) is 1. The van der Waals surface area contributed by atoms with Crippen molar-refractivity contribution >= 4 is 6.09 Å². The number of hydrogen-bond donors (Lipinski definition) is 0. The SMILES string of the molecule is CC(N=[N+]=[N-])C1CCN(C(=O)OCc2ccccc2)CC1. The summed E-state index contributed by atoms with van der Waals surface area (Å²) in [5.74, 6) is 0.346. The van der Waals surface area contributed by atoms with Gasteiger partial charge in [-0.05, 0) is 29.9 Å². The fourth-order valence-electron chi connectivity index (χ4n) is 2.55. The molecule has 1 amide bonds. The van der Waals surface area contributed by atoms with E-state index in [1.54, 1.807) is 4.90 Å². The van der Waals surface area contributed by atoms with Crippen LogP contribution in [0.5, 0.6) is 0 Å². The minimum atomic E-state index is -0.270. The molecule has 21 heavy (non-hydrogen) atoms. The minimum absolute atomic E-state index is 0.0162. The van der Waals surface area contributed by atoms with E-state index in [1.165, 1.54) is 0 Å². The predicted octanol–water partition coefficient (Wildman–Crippen LogP) is 3.73. The van der Waals surface area contributed by atoms with Gasteiger partial charge in [0.05, 0.1) is 0 Å². The predicted molar refractivity (Wildman–Crippen MR) is 79.5 cm³/mol. The van der Waals surface area contributed by atoms with Crippen molar-refractivity contribution in [3.63, 3.8) is 0 Å². The summed E-state index contributed by atoms with van der Waals surface area (Å²) in [5, 5.41) is 3.74. The van der Waals surface area contributed by atoms with Gasteiger partial charge in [0.15, 0.2) is 0 Å². The van der Waals surface area contributed by atoms with Gasteiger partial charge in [0, 0.05) is 24.0 Å². The lowest BCUT2D eigenvalue weighted by molar-refractivity contribution is 0.0804. The number of ether oxygens (including phenoxy) is 1. The monoisotopic (exact) mass is 288 g/mol. The summed E-state index contributed by atoms with van der Waals surface area (Å²) in [6.07, 6.45) is 1.43. The van der Waals surface area contributed by atoms with E-state index in [4.69, 9.17) is 10.3 Å². The standard InChI is InChI=1S/C15H20N4O2/c1-12(17-18-16)14-7-9-19(10-8-14)15(20)21-11-13-5-3-2-4-6-13/h2-6,12,14H,7-11H2,1H3. The van der Waals surface area contributed by atoms with Crippen molar-refractivity contribution in [1.82, 2.24) is 4.90 Å². The first-order chi connectivity index (χ1) is 10.2. The van der Waals surface area contributed by atoms with Gasteiger partial charge in [-0.25, -0.2) is 4.79 Å². The Labute approximate surface area is 124 Å². The van der Waals surface area contributed by atoms with E-state index in [-0.39, 0.29) is 12.1 Å². The molecule has 0 bridgehead atoms. The molecule has 1 unspecified atom stereocenters. The van der Waals surface area contributed by atoms with E-state index < -0.39 is 0 Å². The van der Waals surface area contributed by atoms with Crippen LogP contribution in [-0.4, -0.2) is 30.1 Å². The number of azide groups is 1. The van der Waals surface area contributed by atoms with Gasteiger partial charge in [-0.2, -0.15) is 0 Å². The molecule has 1 aliphatic heterocycles. The summed E-state index contributed by atoms with van der Waals surface area (Å²) in [4.78, 5) is 16.6. The third-order valence-electron chi connectivity index (χ3n) is 3.92. The Bertz CT molecular complexity index is 506. The molecule has 1 aliphatic rings. The molecular weight excluding hydrogens is 268 g/mol. The molecule has 1 aromatic carbocycles. The number of amides is 1. The Morgan fingerprint density at radius 3 is 2.71 bits per heavy atom. The van der Waals surface area contributed by atoms with Gasteiger partial charge < -0.3 is 9.64 Å². The number of benzene rings is 1. The van der Waals surface area contributed by atoms with Crippen LogP contribution < -0.4 is 0 Å². The Balaban J connectivity index is 1.76. The van der Waals surface area contributed by atoms with Gasteiger partial charge in [-0.15, -0.1) is 0 Å². The number of rotatable bonds is 4.